The van der Waals surface area contributed by atoms with Crippen molar-refractivity contribution in [2.24, 2.45) is 0 Å². The number of anilines is 1. The molecular formula is C18H19NO5. The fourth-order valence-corrected chi connectivity index (χ4v) is 2.08. The summed E-state index contributed by atoms with van der Waals surface area (Å²) in [6.45, 7) is 3.32. The number of nitrogens with one attached hydrogen (secondary N) is 1. The summed E-state index contributed by atoms with van der Waals surface area (Å²) in [5.74, 6) is -1.43. The number of esters is 1. The van der Waals surface area contributed by atoms with Crippen molar-refractivity contribution in [3.05, 3.63) is 53.6 Å². The van der Waals surface area contributed by atoms with Crippen LogP contribution in [0.25, 0.3) is 0 Å². The lowest BCUT2D eigenvalue weighted by molar-refractivity contribution is -0.123. The number of rotatable bonds is 5. The average molecular weight is 329 g/mol. The highest BCUT2D eigenvalue weighted by atomic mass is 16.5. The van der Waals surface area contributed by atoms with Gasteiger partial charge in [-0.15, -0.1) is 0 Å². The van der Waals surface area contributed by atoms with Crippen molar-refractivity contribution in [1.29, 1.82) is 0 Å². The van der Waals surface area contributed by atoms with Gasteiger partial charge in [-0.05, 0) is 37.6 Å². The molecule has 2 aromatic rings. The third-order valence-corrected chi connectivity index (χ3v) is 3.49. The van der Waals surface area contributed by atoms with Crippen LogP contribution < -0.4 is 10.1 Å². The Morgan fingerprint density at radius 3 is 2.50 bits per heavy atom. The number of hydrogen-bond acceptors (Lipinski definition) is 5. The summed E-state index contributed by atoms with van der Waals surface area (Å²) in [5.41, 5.74) is 1.48. The van der Waals surface area contributed by atoms with Crippen LogP contribution >= 0.6 is 0 Å². The van der Waals surface area contributed by atoms with E-state index in [9.17, 15) is 14.7 Å². The Hall–Kier alpha value is -3.02. The number of methoxy groups -OCH3 is 1. The number of ether oxygens (including phenoxy) is 2. The van der Waals surface area contributed by atoms with E-state index in [1.165, 1.54) is 26.2 Å². The minimum atomic E-state index is -1.03. The smallest absolute Gasteiger partial charge is 0.342 e. The van der Waals surface area contributed by atoms with Gasteiger partial charge in [0.1, 0.15) is 5.56 Å². The third-order valence-electron chi connectivity index (χ3n) is 3.49. The van der Waals surface area contributed by atoms with Crippen LogP contribution in [0.1, 0.15) is 22.8 Å². The molecule has 2 aromatic carbocycles. The Labute approximate surface area is 140 Å². The Bertz CT molecular complexity index is 757. The molecule has 6 nitrogen and oxygen atoms in total. The second-order valence-electron chi connectivity index (χ2n) is 5.21. The molecule has 0 aliphatic heterocycles. The summed E-state index contributed by atoms with van der Waals surface area (Å²) >= 11 is 0. The molecular weight excluding hydrogens is 310 g/mol. The molecule has 0 heterocycles. The number of carbonyl (C=O) groups excluding carboxylic acids is 2. The van der Waals surface area contributed by atoms with Crippen LogP contribution in [0.4, 0.5) is 5.69 Å². The summed E-state index contributed by atoms with van der Waals surface area (Å²) in [7, 11) is 1.38. The number of phenolic OH excluding ortho intramolecular Hbond substituents is 1. The van der Waals surface area contributed by atoms with Crippen LogP contribution in [-0.2, 0) is 9.53 Å². The molecule has 0 aromatic heterocycles. The molecule has 6 heteroatoms. The standard InChI is InChI=1S/C18H19NO5/c1-11-7-4-5-9-14(11)19-17(21)12(2)24-18(22)13-8-6-10-15(23-3)16(13)20/h4-10,12,20H,1-3H3,(H,19,21)/t12-/m1/s1. The number of phenols is 1. The van der Waals surface area contributed by atoms with E-state index in [0.29, 0.717) is 5.69 Å². The minimum Gasteiger partial charge on any atom is -0.504 e. The molecule has 2 N–H and O–H groups in total. The van der Waals surface area contributed by atoms with Gasteiger partial charge in [0.25, 0.3) is 5.91 Å². The zero-order valence-corrected chi connectivity index (χ0v) is 13.7. The molecule has 0 fully saturated rings. The molecule has 2 rings (SSSR count). The lowest BCUT2D eigenvalue weighted by Crippen LogP contribution is -2.30. The minimum absolute atomic E-state index is 0.0649. The van der Waals surface area contributed by atoms with Crippen molar-refractivity contribution < 1.29 is 24.2 Å². The van der Waals surface area contributed by atoms with Crippen LogP contribution in [0.5, 0.6) is 11.5 Å². The van der Waals surface area contributed by atoms with Gasteiger partial charge in [-0.25, -0.2) is 4.79 Å². The van der Waals surface area contributed by atoms with E-state index in [2.05, 4.69) is 5.32 Å². The molecule has 24 heavy (non-hydrogen) atoms. The van der Waals surface area contributed by atoms with Crippen molar-refractivity contribution in [2.45, 2.75) is 20.0 Å². The van der Waals surface area contributed by atoms with Gasteiger partial charge in [-0.2, -0.15) is 0 Å². The molecule has 0 aliphatic rings. The Kier molecular flexibility index (Phi) is 5.42. The van der Waals surface area contributed by atoms with Crippen molar-refractivity contribution in [3.8, 4) is 11.5 Å². The molecule has 0 saturated carbocycles. The molecule has 126 valence electrons. The monoisotopic (exact) mass is 329 g/mol. The second kappa shape index (κ2) is 7.50. The van der Waals surface area contributed by atoms with E-state index >= 15 is 0 Å². The van der Waals surface area contributed by atoms with Crippen LogP contribution in [-0.4, -0.2) is 30.2 Å². The van der Waals surface area contributed by atoms with Gasteiger partial charge in [0.15, 0.2) is 17.6 Å². The van der Waals surface area contributed by atoms with E-state index in [0.717, 1.165) is 5.56 Å². The average Bonchev–Trinajstić information content (AvgIpc) is 2.56. The number of aromatic hydroxyl groups is 1. The van der Waals surface area contributed by atoms with Crippen molar-refractivity contribution in [3.63, 3.8) is 0 Å². The van der Waals surface area contributed by atoms with Gasteiger partial charge in [0.2, 0.25) is 0 Å². The van der Waals surface area contributed by atoms with E-state index in [1.54, 1.807) is 18.2 Å². The normalized spacial score (nSPS) is 11.5. The maximum absolute atomic E-state index is 12.2. The number of benzene rings is 2. The maximum atomic E-state index is 12.2. The number of aryl methyl sites for hydroxylation is 1. The highest BCUT2D eigenvalue weighted by Gasteiger charge is 2.22. The van der Waals surface area contributed by atoms with Crippen molar-refractivity contribution in [2.75, 3.05) is 12.4 Å². The molecule has 0 aliphatic carbocycles. The van der Waals surface area contributed by atoms with Crippen LogP contribution in [0.2, 0.25) is 0 Å². The largest absolute Gasteiger partial charge is 0.504 e. The van der Waals surface area contributed by atoms with Gasteiger partial charge >= 0.3 is 5.97 Å². The van der Waals surface area contributed by atoms with Crippen molar-refractivity contribution >= 4 is 17.6 Å². The third kappa shape index (κ3) is 3.84. The molecule has 0 bridgehead atoms. The maximum Gasteiger partial charge on any atom is 0.342 e. The lowest BCUT2D eigenvalue weighted by atomic mass is 10.2. The zero-order chi connectivity index (χ0) is 17.7. The number of hydrogen-bond donors (Lipinski definition) is 2. The summed E-state index contributed by atoms with van der Waals surface area (Å²) < 4.78 is 10.1. The van der Waals surface area contributed by atoms with Gasteiger partial charge in [-0.1, -0.05) is 24.3 Å². The molecule has 0 spiro atoms. The number of carbonyl (C=O) groups is 2. The second-order valence-corrected chi connectivity index (χ2v) is 5.21. The quantitative estimate of drug-likeness (QED) is 0.824. The molecule has 0 radical (unpaired) electrons. The molecule has 0 unspecified atom stereocenters. The van der Waals surface area contributed by atoms with E-state index < -0.39 is 18.0 Å². The summed E-state index contributed by atoms with van der Waals surface area (Å²) in [5, 5.41) is 12.7. The lowest BCUT2D eigenvalue weighted by Gasteiger charge is -2.15. The van der Waals surface area contributed by atoms with Gasteiger partial charge in [0.05, 0.1) is 7.11 Å². The van der Waals surface area contributed by atoms with Gasteiger partial charge in [0, 0.05) is 5.69 Å². The van der Waals surface area contributed by atoms with E-state index in [1.807, 2.05) is 19.1 Å². The van der Waals surface area contributed by atoms with Crippen LogP contribution in [0, 0.1) is 6.92 Å². The molecule has 1 atom stereocenters. The first kappa shape index (κ1) is 17.3. The summed E-state index contributed by atoms with van der Waals surface area (Å²) in [6.07, 6.45) is -1.03. The molecule has 0 saturated heterocycles. The first-order valence-corrected chi connectivity index (χ1v) is 7.37. The first-order valence-electron chi connectivity index (χ1n) is 7.37. The van der Waals surface area contributed by atoms with Crippen LogP contribution in [0.15, 0.2) is 42.5 Å². The number of para-hydroxylation sites is 2. The van der Waals surface area contributed by atoms with Gasteiger partial charge in [-0.3, -0.25) is 4.79 Å². The topological polar surface area (TPSA) is 84.9 Å². The fraction of sp³-hybridized carbons (Fsp3) is 0.222. The predicted molar refractivity (Wildman–Crippen MR) is 89.3 cm³/mol. The van der Waals surface area contributed by atoms with Crippen molar-refractivity contribution in [1.82, 2.24) is 0 Å². The van der Waals surface area contributed by atoms with E-state index in [-0.39, 0.29) is 17.1 Å². The SMILES string of the molecule is COc1cccc(C(=O)O[C@H](C)C(=O)Nc2ccccc2C)c1O. The first-order chi connectivity index (χ1) is 11.4. The fourth-order valence-electron chi connectivity index (χ4n) is 2.08. The zero-order valence-electron chi connectivity index (χ0n) is 13.7. The Morgan fingerprint density at radius 2 is 1.83 bits per heavy atom. The summed E-state index contributed by atoms with van der Waals surface area (Å²) in [6, 6.07) is 11.7. The number of amides is 1. The highest BCUT2D eigenvalue weighted by molar-refractivity contribution is 5.98. The van der Waals surface area contributed by atoms with Gasteiger partial charge < -0.3 is 19.9 Å². The van der Waals surface area contributed by atoms with Crippen LogP contribution in [0.3, 0.4) is 0 Å². The summed E-state index contributed by atoms with van der Waals surface area (Å²) in [4.78, 5) is 24.3. The Balaban J connectivity index is 2.06. The molecule has 1 amide bonds. The van der Waals surface area contributed by atoms with E-state index in [4.69, 9.17) is 9.47 Å². The predicted octanol–water partition coefficient (Wildman–Crippen LogP) is 2.89. The highest BCUT2D eigenvalue weighted by Crippen LogP contribution is 2.30. The Morgan fingerprint density at radius 1 is 1.12 bits per heavy atom.